The molecule has 7 rings (SSSR count). The summed E-state index contributed by atoms with van der Waals surface area (Å²) >= 11 is 3.85. The van der Waals surface area contributed by atoms with Gasteiger partial charge in [-0.15, -0.1) is 22.7 Å². The Labute approximate surface area is 251 Å². The number of hydrogen-bond acceptors (Lipinski definition) is 4. The minimum Gasteiger partial charge on any atom is -0.457 e. The van der Waals surface area contributed by atoms with Gasteiger partial charge in [0.1, 0.15) is 6.10 Å². The fourth-order valence-electron chi connectivity index (χ4n) is 7.08. The van der Waals surface area contributed by atoms with E-state index in [1.165, 1.54) is 83.4 Å². The molecule has 0 bridgehead atoms. The number of carbonyl (C=O) groups excluding carboxylic acids is 1. The lowest BCUT2D eigenvalue weighted by Gasteiger charge is -2.26. The zero-order chi connectivity index (χ0) is 27.9. The topological polar surface area (TPSA) is 26.3 Å². The first kappa shape index (κ1) is 26.9. The number of unbranched alkanes of at least 4 members (excludes halogenated alkanes) is 4. The van der Waals surface area contributed by atoms with Crippen molar-refractivity contribution in [2.24, 2.45) is 0 Å². The van der Waals surface area contributed by atoms with Crippen LogP contribution in [0.1, 0.15) is 99.5 Å². The first-order chi connectivity index (χ1) is 20.2. The van der Waals surface area contributed by atoms with Crippen molar-refractivity contribution in [1.82, 2.24) is 0 Å². The van der Waals surface area contributed by atoms with Gasteiger partial charge in [0, 0.05) is 42.9 Å². The van der Waals surface area contributed by atoms with Gasteiger partial charge in [0.05, 0.1) is 0 Å². The van der Waals surface area contributed by atoms with E-state index in [0.717, 1.165) is 32.1 Å². The summed E-state index contributed by atoms with van der Waals surface area (Å²) in [6, 6.07) is 22.6. The van der Waals surface area contributed by atoms with E-state index in [0.29, 0.717) is 12.3 Å². The van der Waals surface area contributed by atoms with E-state index >= 15 is 0 Å². The largest absolute Gasteiger partial charge is 0.457 e. The van der Waals surface area contributed by atoms with Gasteiger partial charge in [-0.2, -0.15) is 0 Å². The summed E-state index contributed by atoms with van der Waals surface area (Å²) in [4.78, 5) is 15.7. The van der Waals surface area contributed by atoms with Crippen LogP contribution in [-0.4, -0.2) is 5.97 Å². The Hall–Kier alpha value is -2.95. The van der Waals surface area contributed by atoms with Gasteiger partial charge in [-0.05, 0) is 70.5 Å². The van der Waals surface area contributed by atoms with Gasteiger partial charge >= 0.3 is 5.97 Å². The maximum Gasteiger partial charge on any atom is 0.306 e. The molecular weight excluding hydrogens is 541 g/mol. The van der Waals surface area contributed by atoms with E-state index in [-0.39, 0.29) is 12.1 Å². The van der Waals surface area contributed by atoms with Crippen molar-refractivity contribution in [3.63, 3.8) is 0 Å². The summed E-state index contributed by atoms with van der Waals surface area (Å²) in [7, 11) is 0. The van der Waals surface area contributed by atoms with Crippen LogP contribution in [0.15, 0.2) is 60.7 Å². The molecule has 2 atom stereocenters. The summed E-state index contributed by atoms with van der Waals surface area (Å²) in [6.07, 6.45) is 10.3. The molecule has 0 saturated heterocycles. The van der Waals surface area contributed by atoms with Crippen molar-refractivity contribution in [2.45, 2.75) is 90.1 Å². The quantitative estimate of drug-likeness (QED) is 0.128. The van der Waals surface area contributed by atoms with Crippen molar-refractivity contribution in [3.8, 4) is 20.9 Å². The molecule has 0 aliphatic heterocycles. The highest BCUT2D eigenvalue weighted by molar-refractivity contribution is 7.24. The van der Waals surface area contributed by atoms with Gasteiger partial charge in [-0.3, -0.25) is 4.79 Å². The summed E-state index contributed by atoms with van der Waals surface area (Å²) in [5.41, 5.74) is 8.31. The van der Waals surface area contributed by atoms with Crippen LogP contribution in [-0.2, 0) is 22.4 Å². The van der Waals surface area contributed by atoms with Gasteiger partial charge in [0.25, 0.3) is 0 Å². The predicted molar refractivity (Wildman–Crippen MR) is 175 cm³/mol. The van der Waals surface area contributed by atoms with Crippen molar-refractivity contribution in [2.75, 3.05) is 0 Å². The molecule has 2 unspecified atom stereocenters. The molecule has 210 valence electrons. The maximum atomic E-state index is 13.0. The SMILES string of the molecule is CCCCCC(=O)OC1Cc2ccccc2-c2sc3cc4c5c(sc4cc3c21)-c1ccccc1CC5CCCCC. The van der Waals surface area contributed by atoms with E-state index < -0.39 is 0 Å². The number of esters is 1. The number of ether oxygens (including phenoxy) is 1. The zero-order valence-corrected chi connectivity index (χ0v) is 25.8. The Kier molecular flexibility index (Phi) is 7.47. The Morgan fingerprint density at radius 1 is 0.756 bits per heavy atom. The standard InChI is InChI=1S/C37H38O2S2/c1-3-5-7-15-25-19-23-13-9-11-16-26(23)36-34(25)28-21-32-29(22-31(28)40-36)35-30(39-33(38)18-8-6-4-2)20-24-14-10-12-17-27(24)37(35)41-32/h9-14,16-17,21-22,25,30H,3-8,15,18-20H2,1-2H3. The van der Waals surface area contributed by atoms with Gasteiger partial charge in [-0.25, -0.2) is 0 Å². The number of benzene rings is 3. The second-order valence-corrected chi connectivity index (χ2v) is 14.0. The Bertz CT molecular complexity index is 1740. The number of carbonyl (C=O) groups is 1. The lowest BCUT2D eigenvalue weighted by atomic mass is 9.79. The smallest absolute Gasteiger partial charge is 0.306 e. The molecule has 0 radical (unpaired) electrons. The van der Waals surface area contributed by atoms with E-state index in [2.05, 4.69) is 74.5 Å². The van der Waals surface area contributed by atoms with Gasteiger partial charge in [0.2, 0.25) is 0 Å². The van der Waals surface area contributed by atoms with E-state index in [1.54, 1.807) is 5.56 Å². The first-order valence-corrected chi connectivity index (χ1v) is 17.2. The van der Waals surface area contributed by atoms with Crippen molar-refractivity contribution < 1.29 is 9.53 Å². The molecule has 5 aromatic rings. The van der Waals surface area contributed by atoms with E-state index in [9.17, 15) is 4.79 Å². The summed E-state index contributed by atoms with van der Waals surface area (Å²) < 4.78 is 8.96. The average molecular weight is 579 g/mol. The fraction of sp³-hybridized carbons (Fsp3) is 0.378. The van der Waals surface area contributed by atoms with Gasteiger partial charge in [-0.1, -0.05) is 94.5 Å². The van der Waals surface area contributed by atoms with Gasteiger partial charge < -0.3 is 4.74 Å². The number of hydrogen-bond donors (Lipinski definition) is 0. The monoisotopic (exact) mass is 578 g/mol. The molecule has 41 heavy (non-hydrogen) atoms. The number of rotatable bonds is 9. The third-order valence-corrected chi connectivity index (χ3v) is 11.5. The molecule has 0 spiro atoms. The Morgan fingerprint density at radius 2 is 1.34 bits per heavy atom. The molecule has 0 fully saturated rings. The minimum absolute atomic E-state index is 0.0627. The number of thiophene rings is 2. The van der Waals surface area contributed by atoms with Crippen LogP contribution < -0.4 is 0 Å². The molecule has 0 amide bonds. The fourth-order valence-corrected chi connectivity index (χ4v) is 9.79. The Morgan fingerprint density at radius 3 is 2.02 bits per heavy atom. The van der Waals surface area contributed by atoms with Crippen LogP contribution in [0.2, 0.25) is 0 Å². The van der Waals surface area contributed by atoms with Crippen LogP contribution >= 0.6 is 22.7 Å². The molecule has 0 N–H and O–H groups in total. The van der Waals surface area contributed by atoms with Crippen LogP contribution in [0.25, 0.3) is 41.1 Å². The molecule has 2 aromatic heterocycles. The predicted octanol–water partition coefficient (Wildman–Crippen LogP) is 11.4. The maximum absolute atomic E-state index is 13.0. The zero-order valence-electron chi connectivity index (χ0n) is 24.1. The molecule has 2 aliphatic carbocycles. The van der Waals surface area contributed by atoms with Crippen LogP contribution in [0, 0.1) is 0 Å². The highest BCUT2D eigenvalue weighted by Crippen LogP contribution is 2.54. The molecule has 2 aliphatic rings. The molecule has 0 saturated carbocycles. The second kappa shape index (κ2) is 11.4. The summed E-state index contributed by atoms with van der Waals surface area (Å²) in [5, 5.41) is 2.71. The molecule has 2 heterocycles. The third kappa shape index (κ3) is 4.83. The third-order valence-electron chi connectivity index (χ3n) is 9.12. The van der Waals surface area contributed by atoms with E-state index in [1.807, 2.05) is 22.7 Å². The highest BCUT2D eigenvalue weighted by Gasteiger charge is 2.33. The minimum atomic E-state index is -0.225. The molecule has 3 aromatic carbocycles. The lowest BCUT2D eigenvalue weighted by molar-refractivity contribution is -0.149. The van der Waals surface area contributed by atoms with Gasteiger partial charge in [0.15, 0.2) is 0 Å². The second-order valence-electron chi connectivity index (χ2n) is 11.9. The number of fused-ring (bicyclic) bond motifs is 10. The summed E-state index contributed by atoms with van der Waals surface area (Å²) in [6.45, 7) is 4.47. The Balaban J connectivity index is 1.36. The van der Waals surface area contributed by atoms with Crippen molar-refractivity contribution in [1.29, 1.82) is 0 Å². The normalized spacial score (nSPS) is 17.2. The average Bonchev–Trinajstić information content (AvgIpc) is 3.55. The first-order valence-electron chi connectivity index (χ1n) is 15.5. The van der Waals surface area contributed by atoms with E-state index in [4.69, 9.17) is 4.74 Å². The van der Waals surface area contributed by atoms with Crippen LogP contribution in [0.4, 0.5) is 0 Å². The molecular formula is C37H38O2S2. The summed E-state index contributed by atoms with van der Waals surface area (Å²) in [5.74, 6) is 0.511. The van der Waals surface area contributed by atoms with Crippen LogP contribution in [0.3, 0.4) is 0 Å². The lowest BCUT2D eigenvalue weighted by Crippen LogP contribution is -2.17. The van der Waals surface area contributed by atoms with Crippen molar-refractivity contribution >= 4 is 48.8 Å². The molecule has 2 nitrogen and oxygen atoms in total. The van der Waals surface area contributed by atoms with Crippen molar-refractivity contribution in [3.05, 3.63) is 82.9 Å². The highest BCUT2D eigenvalue weighted by atomic mass is 32.1. The molecule has 4 heteroatoms. The van der Waals surface area contributed by atoms with Crippen LogP contribution in [0.5, 0.6) is 0 Å².